The van der Waals surface area contributed by atoms with Crippen LogP contribution in [0, 0.1) is 23.0 Å². The number of carbonyl (C=O) groups excluding carboxylic acids is 1. The van der Waals surface area contributed by atoms with Crippen LogP contribution in [-0.4, -0.2) is 36.5 Å². The number of primary amides is 1. The molecule has 9 nitrogen and oxygen atoms in total. The predicted molar refractivity (Wildman–Crippen MR) is 146 cm³/mol. The zero-order valence-electron chi connectivity index (χ0n) is 21.9. The molecule has 1 fully saturated rings. The summed E-state index contributed by atoms with van der Waals surface area (Å²) in [7, 11) is 0. The molecule has 1 aromatic carbocycles. The van der Waals surface area contributed by atoms with Crippen molar-refractivity contribution >= 4 is 34.8 Å². The van der Waals surface area contributed by atoms with Crippen LogP contribution < -0.4 is 5.73 Å². The minimum Gasteiger partial charge on any atom is -0.388 e. The van der Waals surface area contributed by atoms with Gasteiger partial charge in [0.05, 0.1) is 10.6 Å². The van der Waals surface area contributed by atoms with Crippen molar-refractivity contribution in [1.29, 1.82) is 5.41 Å². The van der Waals surface area contributed by atoms with E-state index in [0.29, 0.717) is 18.4 Å². The number of imidazole rings is 1. The second-order valence-corrected chi connectivity index (χ2v) is 10.4. The molecule has 0 spiro atoms. The van der Waals surface area contributed by atoms with Crippen LogP contribution in [0.2, 0.25) is 5.02 Å². The van der Waals surface area contributed by atoms with E-state index in [4.69, 9.17) is 22.7 Å². The maximum atomic E-state index is 16.9. The Hall–Kier alpha value is -4.32. The van der Waals surface area contributed by atoms with Crippen LogP contribution in [0.5, 0.6) is 0 Å². The van der Waals surface area contributed by atoms with Gasteiger partial charge in [0.25, 0.3) is 5.90 Å². The van der Waals surface area contributed by atoms with Crippen molar-refractivity contribution < 1.29 is 22.7 Å². The second kappa shape index (κ2) is 10.9. The number of halogens is 4. The number of pyridine rings is 1. The third-order valence-corrected chi connectivity index (χ3v) is 7.43. The number of nitrogens with one attached hydrogen (secondary N) is 1. The van der Waals surface area contributed by atoms with Crippen molar-refractivity contribution in [2.24, 2.45) is 11.7 Å². The molecule has 5 rings (SSSR count). The lowest BCUT2D eigenvalue weighted by molar-refractivity contribution is 0.199. The first-order valence-electron chi connectivity index (χ1n) is 12.7. The maximum absolute atomic E-state index is 16.9. The van der Waals surface area contributed by atoms with E-state index in [0.717, 1.165) is 38.0 Å². The molecular weight excluding hydrogens is 559 g/mol. The minimum atomic E-state index is -2.76. The lowest BCUT2D eigenvalue weighted by Crippen LogP contribution is -2.29. The molecule has 0 aliphatic heterocycles. The Bertz CT molecular complexity index is 1660. The first-order valence-corrected chi connectivity index (χ1v) is 13.1. The molecule has 4 aromatic rings. The zero-order valence-corrected chi connectivity index (χ0v) is 22.6. The van der Waals surface area contributed by atoms with E-state index >= 15 is 4.39 Å². The van der Waals surface area contributed by atoms with Crippen LogP contribution in [0.4, 0.5) is 18.0 Å². The van der Waals surface area contributed by atoms with Gasteiger partial charge in [-0.2, -0.15) is 0 Å². The highest BCUT2D eigenvalue weighted by atomic mass is 35.5. The van der Waals surface area contributed by atoms with E-state index in [9.17, 15) is 13.6 Å². The molecule has 1 aliphatic rings. The van der Waals surface area contributed by atoms with Crippen LogP contribution in [0.3, 0.4) is 0 Å². The van der Waals surface area contributed by atoms with Crippen LogP contribution >= 0.6 is 11.6 Å². The molecular formula is C28H25ClF3N7O2. The van der Waals surface area contributed by atoms with Gasteiger partial charge in [-0.15, -0.1) is 6.58 Å². The van der Waals surface area contributed by atoms with Gasteiger partial charge >= 0.3 is 6.09 Å². The molecule has 1 unspecified atom stereocenters. The van der Waals surface area contributed by atoms with E-state index in [1.807, 2.05) is 6.08 Å². The first kappa shape index (κ1) is 28.2. The Labute approximate surface area is 237 Å². The average Bonchev–Trinajstić information content (AvgIpc) is 3.32. The quantitative estimate of drug-likeness (QED) is 0.153. The van der Waals surface area contributed by atoms with Crippen LogP contribution in [0.1, 0.15) is 55.9 Å². The monoisotopic (exact) mass is 583 g/mol. The highest BCUT2D eigenvalue weighted by Gasteiger charge is 2.42. The molecule has 0 saturated heterocycles. The molecule has 1 saturated carbocycles. The Morgan fingerprint density at radius 2 is 1.88 bits per heavy atom. The van der Waals surface area contributed by atoms with Gasteiger partial charge in [0.15, 0.2) is 17.1 Å². The second-order valence-electron chi connectivity index (χ2n) is 9.92. The normalized spacial score (nSPS) is 18.6. The molecule has 212 valence electrons. The molecule has 3 aromatic heterocycles. The van der Waals surface area contributed by atoms with Gasteiger partial charge in [-0.05, 0) is 56.7 Å². The van der Waals surface area contributed by atoms with Gasteiger partial charge in [0.1, 0.15) is 22.8 Å². The summed E-state index contributed by atoms with van der Waals surface area (Å²) in [5, 5.41) is 8.41. The fraction of sp³-hybridized carbons (Fsp3) is 0.286. The van der Waals surface area contributed by atoms with Crippen molar-refractivity contribution in [2.45, 2.75) is 44.3 Å². The lowest BCUT2D eigenvalue weighted by Gasteiger charge is -2.32. The summed E-state index contributed by atoms with van der Waals surface area (Å²) in [6.45, 7) is 4.92. The molecule has 0 radical (unpaired) electrons. The summed E-state index contributed by atoms with van der Waals surface area (Å²) < 4.78 is 53.1. The largest absolute Gasteiger partial charge is 0.411 e. The van der Waals surface area contributed by atoms with E-state index in [2.05, 4.69) is 31.3 Å². The van der Waals surface area contributed by atoms with Gasteiger partial charge < -0.3 is 15.0 Å². The fourth-order valence-corrected chi connectivity index (χ4v) is 5.51. The number of hydrogen-bond acceptors (Lipinski definition) is 7. The van der Waals surface area contributed by atoms with Crippen molar-refractivity contribution in [3.63, 3.8) is 0 Å². The maximum Gasteiger partial charge on any atom is 0.411 e. The van der Waals surface area contributed by atoms with Crippen LogP contribution in [0.15, 0.2) is 49.3 Å². The number of nitrogens with two attached hydrogens (primary N) is 1. The molecule has 3 N–H and O–H groups in total. The number of fused-ring (bicyclic) bond motifs is 1. The van der Waals surface area contributed by atoms with Crippen molar-refractivity contribution in [2.75, 3.05) is 0 Å². The number of ether oxygens (including phenoxy) is 1. The van der Waals surface area contributed by atoms with Crippen LogP contribution in [0.25, 0.3) is 22.4 Å². The molecule has 1 amide bonds. The Balaban J connectivity index is 1.85. The topological polar surface area (TPSA) is 133 Å². The Morgan fingerprint density at radius 1 is 1.20 bits per heavy atom. The SMILES string of the molecule is C=CC1CCC(n2c(C(C)(F)c3c(F)cccc3F)nc3nc(C(=N)OC(N)=O)nc(-c4cncc(Cl)c4)c32)CC1. The van der Waals surface area contributed by atoms with Crippen LogP contribution in [-0.2, 0) is 10.4 Å². The van der Waals surface area contributed by atoms with E-state index in [-0.39, 0.29) is 45.5 Å². The number of allylic oxidation sites excluding steroid dienone is 1. The molecule has 1 atom stereocenters. The smallest absolute Gasteiger partial charge is 0.388 e. The van der Waals surface area contributed by atoms with Crippen molar-refractivity contribution in [3.8, 4) is 11.3 Å². The number of alkyl halides is 1. The summed E-state index contributed by atoms with van der Waals surface area (Å²) in [6.07, 6.45) is 6.12. The fourth-order valence-electron chi connectivity index (χ4n) is 5.33. The van der Waals surface area contributed by atoms with E-state index < -0.39 is 34.9 Å². The zero-order chi connectivity index (χ0) is 29.5. The molecule has 41 heavy (non-hydrogen) atoms. The Morgan fingerprint density at radius 3 is 2.49 bits per heavy atom. The summed E-state index contributed by atoms with van der Waals surface area (Å²) in [5.41, 5.74) is 2.17. The standard InChI is InChI=1S/C28H25ClF3N7O2/c1-3-14-7-9-17(10-8-14)39-22-21(15-11-16(29)13-35-12-15)36-25(23(33)41-27(34)40)37-24(22)38-26(39)28(2,32)20-18(30)5-4-6-19(20)31/h3-6,11-14,17,33H,1,7-10H2,2H3,(H2,34,40). The highest BCUT2D eigenvalue weighted by molar-refractivity contribution is 6.30. The highest BCUT2D eigenvalue weighted by Crippen LogP contribution is 2.44. The van der Waals surface area contributed by atoms with Gasteiger partial charge in [-0.25, -0.2) is 32.9 Å². The number of hydrogen-bond donors (Lipinski definition) is 2. The summed E-state index contributed by atoms with van der Waals surface area (Å²) in [4.78, 5) is 28.6. The summed E-state index contributed by atoms with van der Waals surface area (Å²) in [6, 6.07) is 4.30. The molecule has 0 bridgehead atoms. The average molecular weight is 584 g/mol. The summed E-state index contributed by atoms with van der Waals surface area (Å²) in [5.74, 6) is -3.35. The summed E-state index contributed by atoms with van der Waals surface area (Å²) >= 11 is 6.22. The van der Waals surface area contributed by atoms with Gasteiger partial charge in [0.2, 0.25) is 5.82 Å². The third-order valence-electron chi connectivity index (χ3n) is 7.22. The molecule has 1 aliphatic carbocycles. The number of aromatic nitrogens is 5. The first-order chi connectivity index (χ1) is 19.5. The lowest BCUT2D eigenvalue weighted by atomic mass is 9.85. The van der Waals surface area contributed by atoms with Crippen molar-refractivity contribution in [1.82, 2.24) is 24.5 Å². The van der Waals surface area contributed by atoms with Gasteiger partial charge in [0, 0.05) is 24.0 Å². The van der Waals surface area contributed by atoms with Gasteiger partial charge in [-0.3, -0.25) is 10.4 Å². The minimum absolute atomic E-state index is 0.0933. The van der Waals surface area contributed by atoms with Gasteiger partial charge in [-0.1, -0.05) is 23.7 Å². The number of rotatable bonds is 6. The number of benzene rings is 1. The third kappa shape index (κ3) is 5.26. The van der Waals surface area contributed by atoms with E-state index in [1.165, 1.54) is 12.4 Å². The molecule has 3 heterocycles. The molecule has 13 heteroatoms. The predicted octanol–water partition coefficient (Wildman–Crippen LogP) is 6.39. The number of amides is 1. The Kier molecular flexibility index (Phi) is 7.52. The van der Waals surface area contributed by atoms with E-state index in [1.54, 1.807) is 10.6 Å². The number of carbonyl (C=O) groups is 1. The number of nitrogens with zero attached hydrogens (tertiary/aromatic N) is 5. The van der Waals surface area contributed by atoms with Crippen molar-refractivity contribution in [3.05, 3.63) is 83.2 Å².